The quantitative estimate of drug-likeness (QED) is 0.272. The van der Waals surface area contributed by atoms with Gasteiger partial charge in [-0.15, -0.1) is 0 Å². The van der Waals surface area contributed by atoms with E-state index in [9.17, 15) is 13.2 Å². The molecule has 0 unspecified atom stereocenters. The van der Waals surface area contributed by atoms with E-state index in [4.69, 9.17) is 4.74 Å². The average Bonchev–Trinajstić information content (AvgIpc) is 2.90. The minimum absolute atomic E-state index is 0.141. The molecular weight excluding hydrogens is 457 g/mol. The summed E-state index contributed by atoms with van der Waals surface area (Å²) in [6, 6.07) is 18.9. The predicted molar refractivity (Wildman–Crippen MR) is 142 cm³/mol. The number of halogens is 3. The van der Waals surface area contributed by atoms with E-state index >= 15 is 0 Å². The van der Waals surface area contributed by atoms with Crippen LogP contribution in [-0.4, -0.2) is 6.61 Å². The Morgan fingerprint density at radius 2 is 1.31 bits per heavy atom. The van der Waals surface area contributed by atoms with Crippen LogP contribution in [0.25, 0.3) is 22.3 Å². The molecule has 1 saturated carbocycles. The summed E-state index contributed by atoms with van der Waals surface area (Å²) in [7, 11) is 0. The van der Waals surface area contributed by atoms with Gasteiger partial charge in [-0.05, 0) is 71.6 Å². The van der Waals surface area contributed by atoms with Crippen LogP contribution in [-0.2, 0) is 6.42 Å². The lowest BCUT2D eigenvalue weighted by molar-refractivity contribution is 0.145. The monoisotopic (exact) mass is 494 g/mol. The smallest absolute Gasteiger partial charge is 0.267 e. The van der Waals surface area contributed by atoms with Gasteiger partial charge in [0.15, 0.2) is 11.6 Å². The van der Waals surface area contributed by atoms with E-state index in [0.29, 0.717) is 5.56 Å². The van der Waals surface area contributed by atoms with E-state index in [2.05, 4.69) is 31.2 Å². The maximum atomic E-state index is 14.7. The highest BCUT2D eigenvalue weighted by atomic mass is 19.3. The largest absolute Gasteiger partial charge is 0.491 e. The molecule has 0 N–H and O–H groups in total. The first kappa shape index (κ1) is 26.3. The van der Waals surface area contributed by atoms with Gasteiger partial charge < -0.3 is 4.74 Å². The first-order chi connectivity index (χ1) is 17.5. The third-order valence-corrected chi connectivity index (χ3v) is 7.65. The Kier molecular flexibility index (Phi) is 9.12. The number of hydrogen-bond donors (Lipinski definition) is 0. The molecular formula is C32H37F3O. The zero-order chi connectivity index (χ0) is 25.5. The number of rotatable bonds is 10. The van der Waals surface area contributed by atoms with E-state index in [0.717, 1.165) is 29.4 Å². The summed E-state index contributed by atoms with van der Waals surface area (Å²) in [5.41, 5.74) is 3.58. The van der Waals surface area contributed by atoms with Crippen molar-refractivity contribution in [3.63, 3.8) is 0 Å². The highest BCUT2D eigenvalue weighted by Gasteiger charge is 2.23. The molecule has 3 aromatic rings. The number of aryl methyl sites for hydroxylation is 1. The van der Waals surface area contributed by atoms with Crippen LogP contribution in [0.15, 0.2) is 60.7 Å². The normalized spacial score (nSPS) is 17.9. The van der Waals surface area contributed by atoms with E-state index in [1.165, 1.54) is 62.6 Å². The summed E-state index contributed by atoms with van der Waals surface area (Å²) in [5, 5.41) is 0. The molecule has 0 amide bonds. The lowest BCUT2D eigenvalue weighted by Crippen LogP contribution is -2.15. The molecule has 0 aromatic heterocycles. The van der Waals surface area contributed by atoms with Crippen molar-refractivity contribution in [2.24, 2.45) is 11.8 Å². The van der Waals surface area contributed by atoms with Gasteiger partial charge in [0, 0.05) is 0 Å². The fraction of sp³-hybridized carbons (Fsp3) is 0.438. The van der Waals surface area contributed by atoms with Crippen LogP contribution in [0.5, 0.6) is 5.75 Å². The first-order valence-corrected chi connectivity index (χ1v) is 13.4. The number of hydrogen-bond acceptors (Lipinski definition) is 1. The molecule has 3 aromatic carbocycles. The molecule has 0 aliphatic heterocycles. The van der Waals surface area contributed by atoms with Crippen LogP contribution < -0.4 is 4.74 Å². The van der Waals surface area contributed by atoms with Crippen molar-refractivity contribution >= 4 is 0 Å². The fourth-order valence-electron chi connectivity index (χ4n) is 5.60. The first-order valence-electron chi connectivity index (χ1n) is 13.4. The van der Waals surface area contributed by atoms with Crippen molar-refractivity contribution in [3.8, 4) is 28.0 Å². The summed E-state index contributed by atoms with van der Waals surface area (Å²) >= 11 is 0. The molecule has 0 bridgehead atoms. The summed E-state index contributed by atoms with van der Waals surface area (Å²) in [4.78, 5) is 0. The summed E-state index contributed by atoms with van der Waals surface area (Å²) in [5.74, 6) is 0.679. The van der Waals surface area contributed by atoms with E-state index < -0.39 is 17.8 Å². The van der Waals surface area contributed by atoms with Crippen LogP contribution in [0.2, 0.25) is 0 Å². The second-order valence-corrected chi connectivity index (χ2v) is 10.1. The third-order valence-electron chi connectivity index (χ3n) is 7.65. The van der Waals surface area contributed by atoms with Crippen molar-refractivity contribution in [1.82, 2.24) is 0 Å². The second-order valence-electron chi connectivity index (χ2n) is 10.1. The van der Waals surface area contributed by atoms with Crippen molar-refractivity contribution in [1.29, 1.82) is 0 Å². The van der Waals surface area contributed by atoms with Crippen molar-refractivity contribution in [3.05, 3.63) is 77.6 Å². The molecule has 0 atom stereocenters. The molecule has 0 saturated heterocycles. The highest BCUT2D eigenvalue weighted by molar-refractivity contribution is 5.73. The molecule has 36 heavy (non-hydrogen) atoms. The minimum Gasteiger partial charge on any atom is -0.491 e. The molecule has 4 heteroatoms. The molecule has 1 aliphatic carbocycles. The Morgan fingerprint density at radius 3 is 1.86 bits per heavy atom. The van der Waals surface area contributed by atoms with Crippen molar-refractivity contribution in [2.75, 3.05) is 6.61 Å². The molecule has 1 nitrogen and oxygen atoms in total. The molecule has 0 spiro atoms. The van der Waals surface area contributed by atoms with Gasteiger partial charge in [0.1, 0.15) is 0 Å². The predicted octanol–water partition coefficient (Wildman–Crippen LogP) is 10.0. The highest BCUT2D eigenvalue weighted by Crippen LogP contribution is 2.38. The zero-order valence-corrected chi connectivity index (χ0v) is 21.4. The third kappa shape index (κ3) is 6.32. The second kappa shape index (κ2) is 12.5. The SMILES string of the molecule is CCCC1CCC(CCc2ccc(-c3ccc(-c4ccc(OCC)c(F)c4C(F)F)cc3)cc2)CC1. The maximum Gasteiger partial charge on any atom is 0.267 e. The maximum absolute atomic E-state index is 14.7. The van der Waals surface area contributed by atoms with Crippen LogP contribution in [0.1, 0.15) is 76.3 Å². The Morgan fingerprint density at radius 1 is 0.750 bits per heavy atom. The van der Waals surface area contributed by atoms with Gasteiger partial charge in [-0.1, -0.05) is 94.0 Å². The lowest BCUT2D eigenvalue weighted by atomic mass is 9.78. The Balaban J connectivity index is 1.40. The van der Waals surface area contributed by atoms with Crippen molar-refractivity contribution in [2.45, 2.75) is 71.6 Å². The van der Waals surface area contributed by atoms with E-state index in [-0.39, 0.29) is 17.9 Å². The van der Waals surface area contributed by atoms with Crippen LogP contribution >= 0.6 is 0 Å². The van der Waals surface area contributed by atoms with Crippen LogP contribution in [0, 0.1) is 17.7 Å². The van der Waals surface area contributed by atoms with Gasteiger partial charge in [-0.25, -0.2) is 13.2 Å². The standard InChI is InChI=1S/C32H37F3O/c1-3-5-22-6-8-23(9-7-22)10-11-24-12-14-25(15-13-24)26-16-18-27(19-17-26)28-20-21-29(36-4-2)31(33)30(28)32(34)35/h12-23,32H,3-11H2,1-2H3. The van der Waals surface area contributed by atoms with E-state index in [1.54, 1.807) is 19.1 Å². The van der Waals surface area contributed by atoms with Crippen LogP contribution in [0.4, 0.5) is 13.2 Å². The van der Waals surface area contributed by atoms with Crippen LogP contribution in [0.3, 0.4) is 0 Å². The van der Waals surface area contributed by atoms with Gasteiger partial charge in [0.05, 0.1) is 12.2 Å². The Hall–Kier alpha value is -2.75. The minimum atomic E-state index is -2.93. The number of ether oxygens (including phenoxy) is 1. The lowest BCUT2D eigenvalue weighted by Gasteiger charge is -2.28. The number of benzene rings is 3. The Bertz CT molecular complexity index is 1100. The molecule has 1 fully saturated rings. The average molecular weight is 495 g/mol. The van der Waals surface area contributed by atoms with Gasteiger partial charge in [-0.3, -0.25) is 0 Å². The Labute approximate surface area is 213 Å². The van der Waals surface area contributed by atoms with Gasteiger partial charge >= 0.3 is 0 Å². The van der Waals surface area contributed by atoms with Crippen molar-refractivity contribution < 1.29 is 17.9 Å². The topological polar surface area (TPSA) is 9.23 Å². The molecule has 1 aliphatic rings. The van der Waals surface area contributed by atoms with Gasteiger partial charge in [0.2, 0.25) is 0 Å². The summed E-state index contributed by atoms with van der Waals surface area (Å²) in [6.07, 6.45) is 7.69. The fourth-order valence-corrected chi connectivity index (χ4v) is 5.60. The van der Waals surface area contributed by atoms with Gasteiger partial charge in [-0.2, -0.15) is 0 Å². The van der Waals surface area contributed by atoms with E-state index in [1.807, 2.05) is 12.1 Å². The molecule has 0 heterocycles. The summed E-state index contributed by atoms with van der Waals surface area (Å²) in [6.45, 7) is 4.20. The molecule has 192 valence electrons. The van der Waals surface area contributed by atoms with Gasteiger partial charge in [0.25, 0.3) is 6.43 Å². The number of alkyl halides is 2. The summed E-state index contributed by atoms with van der Waals surface area (Å²) < 4.78 is 47.2. The molecule has 0 radical (unpaired) electrons. The molecule has 4 rings (SSSR count). The zero-order valence-electron chi connectivity index (χ0n) is 21.4.